The van der Waals surface area contributed by atoms with Gasteiger partial charge in [-0.2, -0.15) is 0 Å². The van der Waals surface area contributed by atoms with E-state index in [0.717, 1.165) is 13.8 Å². The Morgan fingerprint density at radius 2 is 1.92 bits per heavy atom. The number of carbonyl (C=O) groups is 1. The van der Waals surface area contributed by atoms with Crippen LogP contribution < -0.4 is 0 Å². The van der Waals surface area contributed by atoms with Crippen molar-refractivity contribution in [3.63, 3.8) is 0 Å². The minimum absolute atomic E-state index is 0.664. The predicted octanol–water partition coefficient (Wildman–Crippen LogP) is -1.96. The number of hydrogen-bond donors (Lipinski definition) is 4. The number of carbonyl (C=O) groups excluding carboxylic acids is 1. The maximum atomic E-state index is 10.7. The van der Waals surface area contributed by atoms with Gasteiger partial charge in [-0.1, -0.05) is 0 Å². The smallest absolute Gasteiger partial charge is 0.163 e. The Balaban J connectivity index is 4.44. The molecule has 0 aromatic carbocycles. The third-order valence-electron chi connectivity index (χ3n) is 1.84. The van der Waals surface area contributed by atoms with E-state index in [-0.39, 0.29) is 0 Å². The van der Waals surface area contributed by atoms with Crippen molar-refractivity contribution in [2.45, 2.75) is 31.7 Å². The van der Waals surface area contributed by atoms with Crippen molar-refractivity contribution >= 4 is 5.78 Å². The highest BCUT2D eigenvalue weighted by atomic mass is 16.4. The van der Waals surface area contributed by atoms with Gasteiger partial charge in [0.2, 0.25) is 0 Å². The lowest BCUT2D eigenvalue weighted by atomic mass is 9.91. The van der Waals surface area contributed by atoms with Gasteiger partial charge in [0.25, 0.3) is 0 Å². The molecule has 0 aliphatic carbocycles. The summed E-state index contributed by atoms with van der Waals surface area (Å²) in [5.41, 5.74) is -2.01. The van der Waals surface area contributed by atoms with Crippen LogP contribution in [0.15, 0.2) is 0 Å². The molecule has 0 radical (unpaired) electrons. The van der Waals surface area contributed by atoms with Crippen LogP contribution in [0, 0.1) is 0 Å². The lowest BCUT2D eigenvalue weighted by Crippen LogP contribution is -2.52. The Bertz CT molecular complexity index is 165. The molecule has 0 spiro atoms. The first-order valence-corrected chi connectivity index (χ1v) is 3.54. The van der Waals surface area contributed by atoms with Crippen LogP contribution in [0.4, 0.5) is 0 Å². The minimum Gasteiger partial charge on any atom is -0.394 e. The molecule has 4 N–H and O–H groups in total. The summed E-state index contributed by atoms with van der Waals surface area (Å²) in [6, 6.07) is 0. The zero-order valence-corrected chi connectivity index (χ0v) is 7.06. The van der Waals surface area contributed by atoms with Gasteiger partial charge in [0.05, 0.1) is 6.61 Å². The van der Waals surface area contributed by atoms with E-state index < -0.39 is 30.2 Å². The summed E-state index contributed by atoms with van der Waals surface area (Å²) < 4.78 is 0. The first-order chi connectivity index (χ1) is 5.34. The van der Waals surface area contributed by atoms with E-state index in [2.05, 4.69) is 0 Å². The molecule has 3 atom stereocenters. The molecule has 0 bridgehead atoms. The molecule has 0 fully saturated rings. The Labute approximate surface area is 70.3 Å². The predicted molar refractivity (Wildman–Crippen MR) is 40.4 cm³/mol. The zero-order valence-electron chi connectivity index (χ0n) is 7.06. The van der Waals surface area contributed by atoms with E-state index in [4.69, 9.17) is 15.3 Å². The van der Waals surface area contributed by atoms with E-state index in [9.17, 15) is 9.90 Å². The van der Waals surface area contributed by atoms with Crippen molar-refractivity contribution in [1.29, 1.82) is 0 Å². The number of Topliss-reactive ketones (excluding diaryl/α,β-unsaturated/α-hetero) is 1. The van der Waals surface area contributed by atoms with E-state index >= 15 is 0 Å². The van der Waals surface area contributed by atoms with E-state index in [1.54, 1.807) is 0 Å². The Morgan fingerprint density at radius 3 is 2.17 bits per heavy atom. The number of aliphatic hydroxyl groups excluding tert-OH is 3. The fourth-order valence-electron chi connectivity index (χ4n) is 0.683. The maximum Gasteiger partial charge on any atom is 0.163 e. The van der Waals surface area contributed by atoms with Crippen LogP contribution in [0.2, 0.25) is 0 Å². The second-order valence-corrected chi connectivity index (χ2v) is 2.90. The van der Waals surface area contributed by atoms with Crippen LogP contribution in [-0.4, -0.2) is 50.6 Å². The molecule has 12 heavy (non-hydrogen) atoms. The number of rotatable bonds is 4. The molecule has 0 heterocycles. The second-order valence-electron chi connectivity index (χ2n) is 2.90. The van der Waals surface area contributed by atoms with Crippen molar-refractivity contribution in [3.05, 3.63) is 0 Å². The Kier molecular flexibility index (Phi) is 3.79. The quantitative estimate of drug-likeness (QED) is 0.401. The van der Waals surface area contributed by atoms with Gasteiger partial charge in [-0.05, 0) is 13.8 Å². The lowest BCUT2D eigenvalue weighted by molar-refractivity contribution is -0.158. The molecule has 0 saturated heterocycles. The van der Waals surface area contributed by atoms with Crippen LogP contribution in [0.3, 0.4) is 0 Å². The first-order valence-electron chi connectivity index (χ1n) is 3.54. The SMILES string of the molecule is CC(=O)C(C)(O)C(O)C(O)CO. The van der Waals surface area contributed by atoms with Gasteiger partial charge in [-0.3, -0.25) is 4.79 Å². The summed E-state index contributed by atoms with van der Waals surface area (Å²) in [5.74, 6) is -0.664. The molecule has 0 aliphatic heterocycles. The fourth-order valence-corrected chi connectivity index (χ4v) is 0.683. The van der Waals surface area contributed by atoms with Crippen molar-refractivity contribution in [2.24, 2.45) is 0 Å². The van der Waals surface area contributed by atoms with Crippen molar-refractivity contribution < 1.29 is 25.2 Å². The molecule has 5 heteroatoms. The lowest BCUT2D eigenvalue weighted by Gasteiger charge is -2.28. The summed E-state index contributed by atoms with van der Waals surface area (Å²) in [7, 11) is 0. The van der Waals surface area contributed by atoms with Crippen LogP contribution in [-0.2, 0) is 4.79 Å². The topological polar surface area (TPSA) is 98.0 Å². The molecule has 72 valence electrons. The molecule has 0 rings (SSSR count). The monoisotopic (exact) mass is 178 g/mol. The molecule has 0 aliphatic rings. The number of aliphatic hydroxyl groups is 4. The van der Waals surface area contributed by atoms with E-state index in [0.29, 0.717) is 0 Å². The average Bonchev–Trinajstić information content (AvgIpc) is 2.01. The highest BCUT2D eigenvalue weighted by Gasteiger charge is 2.39. The molecule has 0 aromatic rings. The standard InChI is InChI=1S/C7H14O5/c1-4(9)7(2,12)6(11)5(10)3-8/h5-6,8,10-12H,3H2,1-2H3. The van der Waals surface area contributed by atoms with Crippen molar-refractivity contribution in [1.82, 2.24) is 0 Å². The summed E-state index contributed by atoms with van der Waals surface area (Å²) in [6.07, 6.45) is -3.18. The summed E-state index contributed by atoms with van der Waals surface area (Å²) in [4.78, 5) is 10.7. The Hall–Kier alpha value is -0.490. The van der Waals surface area contributed by atoms with Gasteiger partial charge in [-0.15, -0.1) is 0 Å². The molecular formula is C7H14O5. The van der Waals surface area contributed by atoms with Crippen molar-refractivity contribution in [3.8, 4) is 0 Å². The van der Waals surface area contributed by atoms with E-state index in [1.165, 1.54) is 0 Å². The van der Waals surface area contributed by atoms with Gasteiger partial charge in [0.1, 0.15) is 17.8 Å². The van der Waals surface area contributed by atoms with Crippen LogP contribution >= 0.6 is 0 Å². The highest BCUT2D eigenvalue weighted by molar-refractivity contribution is 5.84. The normalized spacial score (nSPS) is 21.2. The summed E-state index contributed by atoms with van der Waals surface area (Å²) >= 11 is 0. The number of hydrogen-bond acceptors (Lipinski definition) is 5. The molecule has 0 aromatic heterocycles. The zero-order chi connectivity index (χ0) is 9.94. The molecular weight excluding hydrogens is 164 g/mol. The van der Waals surface area contributed by atoms with E-state index in [1.807, 2.05) is 0 Å². The van der Waals surface area contributed by atoms with Gasteiger partial charge >= 0.3 is 0 Å². The number of ketones is 1. The van der Waals surface area contributed by atoms with Gasteiger partial charge in [0.15, 0.2) is 5.78 Å². The van der Waals surface area contributed by atoms with Crippen LogP contribution in [0.5, 0.6) is 0 Å². The minimum atomic E-state index is -2.01. The molecule has 0 amide bonds. The summed E-state index contributed by atoms with van der Waals surface area (Å²) in [6.45, 7) is 1.47. The average molecular weight is 178 g/mol. The third kappa shape index (κ3) is 2.25. The van der Waals surface area contributed by atoms with Crippen molar-refractivity contribution in [2.75, 3.05) is 6.61 Å². The first kappa shape index (κ1) is 11.5. The molecule has 5 nitrogen and oxygen atoms in total. The highest BCUT2D eigenvalue weighted by Crippen LogP contribution is 2.14. The molecule has 3 unspecified atom stereocenters. The fraction of sp³-hybridized carbons (Fsp3) is 0.857. The van der Waals surface area contributed by atoms with Crippen LogP contribution in [0.1, 0.15) is 13.8 Å². The largest absolute Gasteiger partial charge is 0.394 e. The third-order valence-corrected chi connectivity index (χ3v) is 1.84. The summed E-state index contributed by atoms with van der Waals surface area (Å²) in [5, 5.41) is 35.7. The van der Waals surface area contributed by atoms with Crippen LogP contribution in [0.25, 0.3) is 0 Å². The second kappa shape index (κ2) is 3.95. The molecule has 0 saturated carbocycles. The Morgan fingerprint density at radius 1 is 1.50 bits per heavy atom. The van der Waals surface area contributed by atoms with Gasteiger partial charge < -0.3 is 20.4 Å². The van der Waals surface area contributed by atoms with Gasteiger partial charge in [-0.25, -0.2) is 0 Å². The maximum absolute atomic E-state index is 10.7. The van der Waals surface area contributed by atoms with Gasteiger partial charge in [0, 0.05) is 0 Å².